The van der Waals surface area contributed by atoms with Crippen molar-refractivity contribution in [2.75, 3.05) is 18.6 Å². The zero-order valence-electron chi connectivity index (χ0n) is 9.50. The summed E-state index contributed by atoms with van der Waals surface area (Å²) >= 11 is 5.20. The number of halogens is 1. The van der Waals surface area contributed by atoms with Gasteiger partial charge in [0, 0.05) is 12.1 Å². The number of unbranched alkanes of at least 4 members (excludes halogenated alkanes) is 1. The number of aromatic hydroxyl groups is 1. The summed E-state index contributed by atoms with van der Waals surface area (Å²) < 4.78 is 0.759. The summed E-state index contributed by atoms with van der Waals surface area (Å²) in [6.45, 7) is 1.73. The van der Waals surface area contributed by atoms with Gasteiger partial charge in [-0.3, -0.25) is 0 Å². The van der Waals surface area contributed by atoms with Crippen LogP contribution in [0.2, 0.25) is 0 Å². The van der Waals surface area contributed by atoms with Gasteiger partial charge in [0.05, 0.1) is 4.47 Å². The van der Waals surface area contributed by atoms with E-state index < -0.39 is 0 Å². The van der Waals surface area contributed by atoms with E-state index >= 15 is 0 Å². The van der Waals surface area contributed by atoms with Crippen LogP contribution in [0.5, 0.6) is 5.75 Å². The minimum atomic E-state index is 0.346. The predicted molar refractivity (Wildman–Crippen MR) is 75.1 cm³/mol. The van der Waals surface area contributed by atoms with Crippen LogP contribution in [0.3, 0.4) is 0 Å². The molecule has 1 aromatic rings. The Bertz CT molecular complexity index is 320. The Balaban J connectivity index is 2.24. The van der Waals surface area contributed by atoms with Gasteiger partial charge >= 0.3 is 0 Å². The lowest BCUT2D eigenvalue weighted by molar-refractivity contribution is 0.461. The Labute approximate surface area is 110 Å². The quantitative estimate of drug-likeness (QED) is 0.757. The average molecular weight is 304 g/mol. The Kier molecular flexibility index (Phi) is 6.92. The smallest absolute Gasteiger partial charge is 0.134 e. The van der Waals surface area contributed by atoms with E-state index in [1.165, 1.54) is 18.6 Å². The molecule has 90 valence electrons. The molecule has 0 aliphatic rings. The minimum Gasteiger partial charge on any atom is -0.506 e. The number of para-hydroxylation sites is 1. The Morgan fingerprint density at radius 3 is 2.94 bits per heavy atom. The first-order valence-corrected chi connectivity index (χ1v) is 7.60. The van der Waals surface area contributed by atoms with Crippen molar-refractivity contribution in [2.24, 2.45) is 0 Å². The summed E-state index contributed by atoms with van der Waals surface area (Å²) in [4.78, 5) is 0. The molecule has 0 saturated heterocycles. The number of phenols is 1. The van der Waals surface area contributed by atoms with Crippen LogP contribution in [0.25, 0.3) is 0 Å². The normalized spacial score (nSPS) is 10.6. The summed E-state index contributed by atoms with van der Waals surface area (Å²) in [6.07, 6.45) is 4.57. The van der Waals surface area contributed by atoms with Gasteiger partial charge in [-0.15, -0.1) is 0 Å². The summed E-state index contributed by atoms with van der Waals surface area (Å²) in [5.41, 5.74) is 0.944. The SMILES string of the molecule is CSCCCCNCc1cccc(Br)c1O. The minimum absolute atomic E-state index is 0.346. The largest absolute Gasteiger partial charge is 0.506 e. The molecule has 1 rings (SSSR count). The number of nitrogens with one attached hydrogen (secondary N) is 1. The molecule has 16 heavy (non-hydrogen) atoms. The first-order valence-electron chi connectivity index (χ1n) is 5.41. The maximum absolute atomic E-state index is 9.75. The molecule has 0 bridgehead atoms. The van der Waals surface area contributed by atoms with E-state index in [-0.39, 0.29) is 0 Å². The van der Waals surface area contributed by atoms with Gasteiger partial charge in [-0.1, -0.05) is 12.1 Å². The van der Waals surface area contributed by atoms with Crippen LogP contribution >= 0.6 is 27.7 Å². The molecule has 1 aromatic carbocycles. The van der Waals surface area contributed by atoms with Crippen LogP contribution in [0.15, 0.2) is 22.7 Å². The Hall–Kier alpha value is -0.190. The van der Waals surface area contributed by atoms with Gasteiger partial charge in [0.1, 0.15) is 5.75 Å². The van der Waals surface area contributed by atoms with E-state index in [4.69, 9.17) is 0 Å². The standard InChI is InChI=1S/C12H18BrNOS/c1-16-8-3-2-7-14-9-10-5-4-6-11(13)12(10)15/h4-6,14-15H,2-3,7-9H2,1H3. The lowest BCUT2D eigenvalue weighted by Crippen LogP contribution is -2.14. The molecule has 0 atom stereocenters. The maximum Gasteiger partial charge on any atom is 0.134 e. The van der Waals surface area contributed by atoms with E-state index in [9.17, 15) is 5.11 Å². The highest BCUT2D eigenvalue weighted by atomic mass is 79.9. The summed E-state index contributed by atoms with van der Waals surface area (Å²) in [5, 5.41) is 13.1. The van der Waals surface area contributed by atoms with Crippen molar-refractivity contribution in [3.8, 4) is 5.75 Å². The van der Waals surface area contributed by atoms with Gasteiger partial charge in [0.2, 0.25) is 0 Å². The Morgan fingerprint density at radius 2 is 2.19 bits per heavy atom. The zero-order chi connectivity index (χ0) is 11.8. The van der Waals surface area contributed by atoms with Gasteiger partial charge in [-0.25, -0.2) is 0 Å². The van der Waals surface area contributed by atoms with Crippen molar-refractivity contribution in [1.29, 1.82) is 0 Å². The number of thioether (sulfide) groups is 1. The molecule has 2 N–H and O–H groups in total. The summed E-state index contributed by atoms with van der Waals surface area (Å²) in [6, 6.07) is 5.72. The second kappa shape index (κ2) is 7.98. The monoisotopic (exact) mass is 303 g/mol. The van der Waals surface area contributed by atoms with Crippen molar-refractivity contribution in [3.05, 3.63) is 28.2 Å². The highest BCUT2D eigenvalue weighted by molar-refractivity contribution is 9.10. The third-order valence-corrected chi connectivity index (χ3v) is 3.67. The molecule has 0 spiro atoms. The fraction of sp³-hybridized carbons (Fsp3) is 0.500. The van der Waals surface area contributed by atoms with Crippen molar-refractivity contribution in [3.63, 3.8) is 0 Å². The molecule has 0 unspecified atom stereocenters. The third-order valence-electron chi connectivity index (χ3n) is 2.34. The molecule has 0 heterocycles. The van der Waals surface area contributed by atoms with Crippen molar-refractivity contribution < 1.29 is 5.11 Å². The van der Waals surface area contributed by atoms with Crippen LogP contribution < -0.4 is 5.32 Å². The highest BCUT2D eigenvalue weighted by Gasteiger charge is 2.03. The van der Waals surface area contributed by atoms with Crippen molar-refractivity contribution in [2.45, 2.75) is 19.4 Å². The van der Waals surface area contributed by atoms with Gasteiger partial charge < -0.3 is 10.4 Å². The number of hydrogen-bond acceptors (Lipinski definition) is 3. The van der Waals surface area contributed by atoms with E-state index in [1.54, 1.807) is 0 Å². The topological polar surface area (TPSA) is 32.3 Å². The summed E-state index contributed by atoms with van der Waals surface area (Å²) in [7, 11) is 0. The Morgan fingerprint density at radius 1 is 1.38 bits per heavy atom. The zero-order valence-corrected chi connectivity index (χ0v) is 11.9. The van der Waals surface area contributed by atoms with Gasteiger partial charge in [-0.05, 0) is 53.4 Å². The second-order valence-corrected chi connectivity index (χ2v) is 5.46. The molecular weight excluding hydrogens is 286 g/mol. The summed E-state index contributed by atoms with van der Waals surface area (Å²) in [5.74, 6) is 1.57. The molecule has 0 radical (unpaired) electrons. The number of rotatable bonds is 7. The molecular formula is C12H18BrNOS. The fourth-order valence-corrected chi connectivity index (χ4v) is 2.32. The van der Waals surface area contributed by atoms with Crippen LogP contribution in [0, 0.1) is 0 Å². The van der Waals surface area contributed by atoms with Crippen molar-refractivity contribution in [1.82, 2.24) is 5.32 Å². The van der Waals surface area contributed by atoms with E-state index in [1.807, 2.05) is 30.0 Å². The van der Waals surface area contributed by atoms with Crippen LogP contribution in [0.1, 0.15) is 18.4 Å². The maximum atomic E-state index is 9.75. The van der Waals surface area contributed by atoms with Gasteiger partial charge in [0.15, 0.2) is 0 Å². The molecule has 0 saturated carbocycles. The lowest BCUT2D eigenvalue weighted by atomic mass is 10.2. The van der Waals surface area contributed by atoms with Gasteiger partial charge in [-0.2, -0.15) is 11.8 Å². The molecule has 0 amide bonds. The second-order valence-electron chi connectivity index (χ2n) is 3.62. The molecule has 0 fully saturated rings. The van der Waals surface area contributed by atoms with E-state index in [2.05, 4.69) is 27.5 Å². The van der Waals surface area contributed by atoms with Gasteiger partial charge in [0.25, 0.3) is 0 Å². The molecule has 2 nitrogen and oxygen atoms in total. The molecule has 0 aromatic heterocycles. The first kappa shape index (κ1) is 13.9. The number of phenolic OH excluding ortho intramolecular Hbond substituents is 1. The first-order chi connectivity index (χ1) is 7.75. The van der Waals surface area contributed by atoms with Crippen LogP contribution in [0.4, 0.5) is 0 Å². The highest BCUT2D eigenvalue weighted by Crippen LogP contribution is 2.27. The fourth-order valence-electron chi connectivity index (χ4n) is 1.42. The average Bonchev–Trinajstić information content (AvgIpc) is 2.29. The molecule has 0 aliphatic carbocycles. The van der Waals surface area contributed by atoms with Crippen LogP contribution in [-0.4, -0.2) is 23.7 Å². The van der Waals surface area contributed by atoms with E-state index in [0.717, 1.165) is 23.1 Å². The molecule has 4 heteroatoms. The number of benzene rings is 1. The molecule has 0 aliphatic heterocycles. The lowest BCUT2D eigenvalue weighted by Gasteiger charge is -2.07. The van der Waals surface area contributed by atoms with Crippen LogP contribution in [-0.2, 0) is 6.54 Å². The number of hydrogen-bond donors (Lipinski definition) is 2. The van der Waals surface area contributed by atoms with E-state index in [0.29, 0.717) is 5.75 Å². The predicted octanol–water partition coefficient (Wildman–Crippen LogP) is 3.39. The van der Waals surface area contributed by atoms with Crippen molar-refractivity contribution >= 4 is 27.7 Å². The third kappa shape index (κ3) is 4.76.